The molecule has 18 heavy (non-hydrogen) atoms. The van der Waals surface area contributed by atoms with E-state index in [0.29, 0.717) is 6.61 Å². The molecule has 0 radical (unpaired) electrons. The van der Waals surface area contributed by atoms with Crippen LogP contribution < -0.4 is 5.32 Å². The molecule has 0 saturated heterocycles. The second-order valence-corrected chi connectivity index (χ2v) is 5.55. The van der Waals surface area contributed by atoms with E-state index in [1.165, 1.54) is 11.1 Å². The second kappa shape index (κ2) is 6.88. The molecule has 0 aromatic heterocycles. The lowest BCUT2D eigenvalue weighted by Gasteiger charge is -2.32. The van der Waals surface area contributed by atoms with Crippen LogP contribution in [0, 0.1) is 0 Å². The lowest BCUT2D eigenvalue weighted by molar-refractivity contribution is 0.0275. The zero-order valence-electron chi connectivity index (χ0n) is 12.3. The lowest BCUT2D eigenvalue weighted by atomic mass is 10.1. The van der Waals surface area contributed by atoms with Gasteiger partial charge in [-0.3, -0.25) is 0 Å². The van der Waals surface area contributed by atoms with Crippen LogP contribution in [0.25, 0.3) is 0 Å². The predicted octanol–water partition coefficient (Wildman–Crippen LogP) is 2.26. The van der Waals surface area contributed by atoms with Gasteiger partial charge in [0.2, 0.25) is 0 Å². The first-order chi connectivity index (χ1) is 8.45. The van der Waals surface area contributed by atoms with Gasteiger partial charge in [0.15, 0.2) is 0 Å². The largest absolute Gasteiger partial charge is 0.375 e. The molecule has 0 atom stereocenters. The summed E-state index contributed by atoms with van der Waals surface area (Å²) in [4.78, 5) is 2.18. The first-order valence-corrected chi connectivity index (χ1v) is 6.43. The standard InChI is InChI=1S/C15H26N2O/c1-15(2,17(4)5)12-18-11-14-8-6-13(7-9-14)10-16-3/h6-9,16H,10-12H2,1-5H3. The van der Waals surface area contributed by atoms with Crippen LogP contribution in [0.5, 0.6) is 0 Å². The maximum atomic E-state index is 5.79. The molecule has 0 aliphatic carbocycles. The van der Waals surface area contributed by atoms with Crippen molar-refractivity contribution in [2.24, 2.45) is 0 Å². The average molecular weight is 250 g/mol. The van der Waals surface area contributed by atoms with Crippen molar-refractivity contribution in [3.8, 4) is 0 Å². The van der Waals surface area contributed by atoms with E-state index in [1.807, 2.05) is 7.05 Å². The molecule has 0 bridgehead atoms. The summed E-state index contributed by atoms with van der Waals surface area (Å²) < 4.78 is 5.79. The summed E-state index contributed by atoms with van der Waals surface area (Å²) in [6.07, 6.45) is 0. The average Bonchev–Trinajstić information content (AvgIpc) is 2.31. The molecule has 3 heteroatoms. The van der Waals surface area contributed by atoms with Crippen molar-refractivity contribution in [2.75, 3.05) is 27.7 Å². The van der Waals surface area contributed by atoms with Gasteiger partial charge in [-0.15, -0.1) is 0 Å². The fraction of sp³-hybridized carbons (Fsp3) is 0.600. The van der Waals surface area contributed by atoms with Crippen molar-refractivity contribution in [3.63, 3.8) is 0 Å². The SMILES string of the molecule is CNCc1ccc(COCC(C)(C)N(C)C)cc1. The topological polar surface area (TPSA) is 24.5 Å². The van der Waals surface area contributed by atoms with Gasteiger partial charge in [0.1, 0.15) is 0 Å². The molecule has 1 rings (SSSR count). The first-order valence-electron chi connectivity index (χ1n) is 6.43. The zero-order valence-corrected chi connectivity index (χ0v) is 12.3. The van der Waals surface area contributed by atoms with E-state index in [2.05, 4.69) is 62.4 Å². The normalized spacial score (nSPS) is 12.1. The van der Waals surface area contributed by atoms with E-state index in [9.17, 15) is 0 Å². The highest BCUT2D eigenvalue weighted by atomic mass is 16.5. The maximum absolute atomic E-state index is 5.79. The molecule has 1 aromatic carbocycles. The molecular formula is C15H26N2O. The van der Waals surface area contributed by atoms with Gasteiger partial charge in [0.25, 0.3) is 0 Å². The number of nitrogens with zero attached hydrogens (tertiary/aromatic N) is 1. The van der Waals surface area contributed by atoms with Crippen molar-refractivity contribution in [1.29, 1.82) is 0 Å². The predicted molar refractivity (Wildman–Crippen MR) is 76.6 cm³/mol. The highest BCUT2D eigenvalue weighted by Gasteiger charge is 2.20. The Balaban J connectivity index is 2.40. The summed E-state index contributed by atoms with van der Waals surface area (Å²) in [5.74, 6) is 0. The Bertz CT molecular complexity index is 344. The van der Waals surface area contributed by atoms with Gasteiger partial charge in [-0.05, 0) is 46.1 Å². The molecule has 0 aliphatic heterocycles. The van der Waals surface area contributed by atoms with E-state index in [4.69, 9.17) is 4.74 Å². The van der Waals surface area contributed by atoms with Crippen LogP contribution in [-0.2, 0) is 17.9 Å². The van der Waals surface area contributed by atoms with E-state index in [-0.39, 0.29) is 5.54 Å². The third-order valence-electron chi connectivity index (χ3n) is 3.34. The van der Waals surface area contributed by atoms with Gasteiger partial charge >= 0.3 is 0 Å². The highest BCUT2D eigenvalue weighted by molar-refractivity contribution is 5.21. The fourth-order valence-corrected chi connectivity index (χ4v) is 1.51. The Morgan fingerprint density at radius 3 is 2.17 bits per heavy atom. The highest BCUT2D eigenvalue weighted by Crippen LogP contribution is 2.12. The lowest BCUT2D eigenvalue weighted by Crippen LogP contribution is -2.42. The van der Waals surface area contributed by atoms with Crippen molar-refractivity contribution in [1.82, 2.24) is 10.2 Å². The van der Waals surface area contributed by atoms with Crippen LogP contribution in [0.1, 0.15) is 25.0 Å². The Morgan fingerprint density at radius 1 is 1.11 bits per heavy atom. The summed E-state index contributed by atoms with van der Waals surface area (Å²) in [6.45, 7) is 6.69. The molecule has 0 saturated carbocycles. The zero-order chi connectivity index (χ0) is 13.6. The van der Waals surface area contributed by atoms with E-state index >= 15 is 0 Å². The minimum atomic E-state index is 0.0755. The van der Waals surface area contributed by atoms with Crippen LogP contribution in [0.3, 0.4) is 0 Å². The third kappa shape index (κ3) is 4.77. The van der Waals surface area contributed by atoms with Gasteiger partial charge in [0, 0.05) is 12.1 Å². The van der Waals surface area contributed by atoms with Gasteiger partial charge in [-0.2, -0.15) is 0 Å². The summed E-state index contributed by atoms with van der Waals surface area (Å²) in [5.41, 5.74) is 2.60. The number of likely N-dealkylation sites (N-methyl/N-ethyl adjacent to an activating group) is 1. The number of hydrogen-bond donors (Lipinski definition) is 1. The van der Waals surface area contributed by atoms with Crippen LogP contribution in [0.15, 0.2) is 24.3 Å². The molecule has 0 unspecified atom stereocenters. The van der Waals surface area contributed by atoms with Crippen LogP contribution in [0.4, 0.5) is 0 Å². The van der Waals surface area contributed by atoms with Crippen molar-refractivity contribution < 1.29 is 4.74 Å². The number of nitrogens with one attached hydrogen (secondary N) is 1. The molecule has 0 heterocycles. The molecule has 1 aromatic rings. The van der Waals surface area contributed by atoms with Crippen LogP contribution >= 0.6 is 0 Å². The minimum Gasteiger partial charge on any atom is -0.375 e. The smallest absolute Gasteiger partial charge is 0.0717 e. The Kier molecular flexibility index (Phi) is 5.79. The Labute approximate surface area is 111 Å². The number of hydrogen-bond acceptors (Lipinski definition) is 3. The molecule has 0 amide bonds. The Hall–Kier alpha value is -0.900. The summed E-state index contributed by atoms with van der Waals surface area (Å²) in [6, 6.07) is 8.56. The van der Waals surface area contributed by atoms with E-state index in [0.717, 1.165) is 13.2 Å². The molecule has 102 valence electrons. The van der Waals surface area contributed by atoms with E-state index in [1.54, 1.807) is 0 Å². The van der Waals surface area contributed by atoms with Gasteiger partial charge in [-0.1, -0.05) is 24.3 Å². The quantitative estimate of drug-likeness (QED) is 0.803. The maximum Gasteiger partial charge on any atom is 0.0717 e. The van der Waals surface area contributed by atoms with Crippen LogP contribution in [0.2, 0.25) is 0 Å². The molecule has 0 aliphatic rings. The Morgan fingerprint density at radius 2 is 1.67 bits per heavy atom. The number of benzene rings is 1. The minimum absolute atomic E-state index is 0.0755. The molecule has 0 spiro atoms. The summed E-state index contributed by atoms with van der Waals surface area (Å²) in [7, 11) is 6.12. The third-order valence-corrected chi connectivity index (χ3v) is 3.34. The van der Waals surface area contributed by atoms with Crippen molar-refractivity contribution >= 4 is 0 Å². The molecular weight excluding hydrogens is 224 g/mol. The first kappa shape index (κ1) is 15.2. The molecule has 3 nitrogen and oxygen atoms in total. The number of rotatable bonds is 7. The fourth-order valence-electron chi connectivity index (χ4n) is 1.51. The van der Waals surface area contributed by atoms with Crippen LogP contribution in [-0.4, -0.2) is 38.2 Å². The van der Waals surface area contributed by atoms with E-state index < -0.39 is 0 Å². The summed E-state index contributed by atoms with van der Waals surface area (Å²) in [5, 5.41) is 3.14. The molecule has 1 N–H and O–H groups in total. The van der Waals surface area contributed by atoms with Crippen molar-refractivity contribution in [3.05, 3.63) is 35.4 Å². The monoisotopic (exact) mass is 250 g/mol. The van der Waals surface area contributed by atoms with Gasteiger partial charge in [0.05, 0.1) is 13.2 Å². The van der Waals surface area contributed by atoms with Gasteiger partial charge < -0.3 is 15.0 Å². The second-order valence-electron chi connectivity index (χ2n) is 5.55. The molecule has 0 fully saturated rings. The van der Waals surface area contributed by atoms with Crippen molar-refractivity contribution in [2.45, 2.75) is 32.5 Å². The number of ether oxygens (including phenoxy) is 1. The van der Waals surface area contributed by atoms with Gasteiger partial charge in [-0.25, -0.2) is 0 Å². The summed E-state index contributed by atoms with van der Waals surface area (Å²) >= 11 is 0.